The number of methoxy groups -OCH3 is 2. The Morgan fingerprint density at radius 3 is 2.19 bits per heavy atom. The lowest BCUT2D eigenvalue weighted by Gasteiger charge is -2.18. The summed E-state index contributed by atoms with van der Waals surface area (Å²) in [6.07, 6.45) is 1.59. The zero-order valence-corrected chi connectivity index (χ0v) is 15.0. The number of ketones is 1. The highest BCUT2D eigenvalue weighted by Gasteiger charge is 2.14. The van der Waals surface area contributed by atoms with E-state index in [1.165, 1.54) is 0 Å². The standard InChI is InChI=1S/C21H20N2O3/c1-23(17-7-5-4-6-8-17)20-12-10-16(14-22-20)21(24)15-9-11-18(25-2)19(13-15)26-3/h4-14H,1-3H3. The second-order valence-corrected chi connectivity index (χ2v) is 5.70. The lowest BCUT2D eigenvalue weighted by molar-refractivity contribution is 0.103. The fraction of sp³-hybridized carbons (Fsp3) is 0.143. The molecule has 0 atom stereocenters. The van der Waals surface area contributed by atoms with Gasteiger partial charge in [-0.3, -0.25) is 4.79 Å². The van der Waals surface area contributed by atoms with E-state index in [1.807, 2.05) is 48.3 Å². The quantitative estimate of drug-likeness (QED) is 0.628. The summed E-state index contributed by atoms with van der Waals surface area (Å²) in [6.45, 7) is 0. The molecule has 3 rings (SSSR count). The van der Waals surface area contributed by atoms with E-state index in [9.17, 15) is 4.79 Å². The fourth-order valence-corrected chi connectivity index (χ4v) is 2.65. The molecule has 0 saturated heterocycles. The number of rotatable bonds is 6. The molecule has 0 aliphatic heterocycles. The number of carbonyl (C=O) groups is 1. The highest BCUT2D eigenvalue weighted by Crippen LogP contribution is 2.29. The summed E-state index contributed by atoms with van der Waals surface area (Å²) in [5.41, 5.74) is 2.06. The number of anilines is 2. The van der Waals surface area contributed by atoms with Crippen LogP contribution in [0.2, 0.25) is 0 Å². The molecule has 132 valence electrons. The molecule has 1 heterocycles. The maximum atomic E-state index is 12.7. The molecule has 0 amide bonds. The Bertz CT molecular complexity index is 893. The van der Waals surface area contributed by atoms with Crippen LogP contribution in [0, 0.1) is 0 Å². The molecule has 2 aromatic carbocycles. The van der Waals surface area contributed by atoms with Crippen molar-refractivity contribution in [1.29, 1.82) is 0 Å². The number of benzene rings is 2. The van der Waals surface area contributed by atoms with E-state index in [0.717, 1.165) is 11.5 Å². The minimum absolute atomic E-state index is 0.118. The minimum atomic E-state index is -0.118. The van der Waals surface area contributed by atoms with Gasteiger partial charge in [-0.05, 0) is 42.5 Å². The van der Waals surface area contributed by atoms with Gasteiger partial charge < -0.3 is 14.4 Å². The molecule has 3 aromatic rings. The van der Waals surface area contributed by atoms with Gasteiger partial charge in [0.05, 0.1) is 14.2 Å². The maximum Gasteiger partial charge on any atom is 0.194 e. The lowest BCUT2D eigenvalue weighted by Crippen LogP contribution is -2.11. The van der Waals surface area contributed by atoms with Crippen LogP contribution in [0.25, 0.3) is 0 Å². The second-order valence-electron chi connectivity index (χ2n) is 5.70. The number of hydrogen-bond donors (Lipinski definition) is 0. The summed E-state index contributed by atoms with van der Waals surface area (Å²) in [7, 11) is 5.04. The van der Waals surface area contributed by atoms with Crippen molar-refractivity contribution in [3.8, 4) is 11.5 Å². The Balaban J connectivity index is 1.83. The van der Waals surface area contributed by atoms with Crippen LogP contribution in [0.3, 0.4) is 0 Å². The number of pyridine rings is 1. The first-order valence-corrected chi connectivity index (χ1v) is 8.15. The van der Waals surface area contributed by atoms with Gasteiger partial charge >= 0.3 is 0 Å². The van der Waals surface area contributed by atoms with Crippen LogP contribution in [-0.4, -0.2) is 32.0 Å². The largest absolute Gasteiger partial charge is 0.493 e. The summed E-state index contributed by atoms with van der Waals surface area (Å²) in [6, 6.07) is 18.6. The van der Waals surface area contributed by atoms with E-state index in [0.29, 0.717) is 22.6 Å². The van der Waals surface area contributed by atoms with Crippen molar-refractivity contribution >= 4 is 17.3 Å². The predicted octanol–water partition coefficient (Wildman–Crippen LogP) is 4.10. The fourth-order valence-electron chi connectivity index (χ4n) is 2.65. The molecule has 0 unspecified atom stereocenters. The average Bonchev–Trinajstić information content (AvgIpc) is 2.73. The van der Waals surface area contributed by atoms with Gasteiger partial charge in [0.15, 0.2) is 17.3 Å². The topological polar surface area (TPSA) is 51.7 Å². The molecule has 5 heteroatoms. The number of hydrogen-bond acceptors (Lipinski definition) is 5. The van der Waals surface area contributed by atoms with Gasteiger partial charge in [-0.25, -0.2) is 4.98 Å². The molecule has 5 nitrogen and oxygen atoms in total. The van der Waals surface area contributed by atoms with Crippen LogP contribution in [0.1, 0.15) is 15.9 Å². The predicted molar refractivity (Wildman–Crippen MR) is 102 cm³/mol. The summed E-state index contributed by atoms with van der Waals surface area (Å²) >= 11 is 0. The normalized spacial score (nSPS) is 10.3. The van der Waals surface area contributed by atoms with E-state index in [-0.39, 0.29) is 5.78 Å². The summed E-state index contributed by atoms with van der Waals surface area (Å²) in [4.78, 5) is 19.1. The van der Waals surface area contributed by atoms with Gasteiger partial charge in [-0.15, -0.1) is 0 Å². The van der Waals surface area contributed by atoms with Gasteiger partial charge in [0.2, 0.25) is 0 Å². The minimum Gasteiger partial charge on any atom is -0.493 e. The summed E-state index contributed by atoms with van der Waals surface area (Å²) in [5.74, 6) is 1.75. The van der Waals surface area contributed by atoms with Crippen molar-refractivity contribution in [3.63, 3.8) is 0 Å². The average molecular weight is 348 g/mol. The molecule has 0 bridgehead atoms. The van der Waals surface area contributed by atoms with E-state index < -0.39 is 0 Å². The number of ether oxygens (including phenoxy) is 2. The molecular formula is C21H20N2O3. The van der Waals surface area contributed by atoms with Crippen molar-refractivity contribution in [2.45, 2.75) is 0 Å². The van der Waals surface area contributed by atoms with Crippen molar-refractivity contribution in [1.82, 2.24) is 4.98 Å². The molecule has 0 aliphatic rings. The van der Waals surface area contributed by atoms with Crippen LogP contribution < -0.4 is 14.4 Å². The van der Waals surface area contributed by atoms with Crippen molar-refractivity contribution < 1.29 is 14.3 Å². The third-order valence-electron chi connectivity index (χ3n) is 4.14. The number of nitrogens with zero attached hydrogens (tertiary/aromatic N) is 2. The first-order chi connectivity index (χ1) is 12.6. The molecular weight excluding hydrogens is 328 g/mol. The van der Waals surface area contributed by atoms with Gasteiger partial charge in [-0.2, -0.15) is 0 Å². The van der Waals surface area contributed by atoms with Crippen LogP contribution in [-0.2, 0) is 0 Å². The van der Waals surface area contributed by atoms with Gasteiger partial charge in [0, 0.05) is 30.1 Å². The lowest BCUT2D eigenvalue weighted by atomic mass is 10.0. The monoisotopic (exact) mass is 348 g/mol. The van der Waals surface area contributed by atoms with Crippen molar-refractivity contribution in [2.75, 3.05) is 26.2 Å². The molecule has 0 spiro atoms. The number of carbonyl (C=O) groups excluding carboxylic acids is 1. The molecule has 0 N–H and O–H groups in total. The third-order valence-corrected chi connectivity index (χ3v) is 4.14. The summed E-state index contributed by atoms with van der Waals surface area (Å²) in [5, 5.41) is 0. The SMILES string of the molecule is COc1ccc(C(=O)c2ccc(N(C)c3ccccc3)nc2)cc1OC. The zero-order chi connectivity index (χ0) is 18.5. The Labute approximate surface area is 152 Å². The van der Waals surface area contributed by atoms with Crippen LogP contribution in [0.5, 0.6) is 11.5 Å². The van der Waals surface area contributed by atoms with Gasteiger partial charge in [0.1, 0.15) is 5.82 Å². The van der Waals surface area contributed by atoms with Crippen molar-refractivity contribution in [2.24, 2.45) is 0 Å². The molecule has 0 aliphatic carbocycles. The number of aromatic nitrogens is 1. The van der Waals surface area contributed by atoms with E-state index in [2.05, 4.69) is 4.98 Å². The van der Waals surface area contributed by atoms with Gasteiger partial charge in [0.25, 0.3) is 0 Å². The van der Waals surface area contributed by atoms with E-state index in [1.54, 1.807) is 44.7 Å². The Morgan fingerprint density at radius 1 is 0.885 bits per heavy atom. The van der Waals surface area contributed by atoms with Gasteiger partial charge in [-0.1, -0.05) is 18.2 Å². The summed E-state index contributed by atoms with van der Waals surface area (Å²) < 4.78 is 10.5. The van der Waals surface area contributed by atoms with Crippen LogP contribution in [0.4, 0.5) is 11.5 Å². The van der Waals surface area contributed by atoms with E-state index in [4.69, 9.17) is 9.47 Å². The zero-order valence-electron chi connectivity index (χ0n) is 15.0. The number of para-hydroxylation sites is 1. The Hall–Kier alpha value is -3.34. The van der Waals surface area contributed by atoms with Crippen molar-refractivity contribution in [3.05, 3.63) is 78.0 Å². The first-order valence-electron chi connectivity index (χ1n) is 8.15. The van der Waals surface area contributed by atoms with E-state index >= 15 is 0 Å². The third kappa shape index (κ3) is 3.52. The molecule has 1 aromatic heterocycles. The molecule has 26 heavy (non-hydrogen) atoms. The molecule has 0 saturated carbocycles. The Kier molecular flexibility index (Phi) is 5.17. The second kappa shape index (κ2) is 7.70. The smallest absolute Gasteiger partial charge is 0.194 e. The molecule has 0 radical (unpaired) electrons. The first kappa shape index (κ1) is 17.5. The van der Waals surface area contributed by atoms with Crippen LogP contribution in [0.15, 0.2) is 66.9 Å². The molecule has 0 fully saturated rings. The maximum absolute atomic E-state index is 12.7. The highest BCUT2D eigenvalue weighted by molar-refractivity contribution is 6.09. The highest BCUT2D eigenvalue weighted by atomic mass is 16.5. The Morgan fingerprint density at radius 2 is 1.58 bits per heavy atom. The van der Waals surface area contributed by atoms with Crippen LogP contribution >= 0.6 is 0 Å².